The molecule has 0 radical (unpaired) electrons. The summed E-state index contributed by atoms with van der Waals surface area (Å²) in [7, 11) is 0. The third kappa shape index (κ3) is 3.56. The fraction of sp³-hybridized carbons (Fsp3) is 0.733. The molecule has 1 fully saturated rings. The lowest BCUT2D eigenvalue weighted by Crippen LogP contribution is -2.34. The molecule has 1 aromatic heterocycles. The summed E-state index contributed by atoms with van der Waals surface area (Å²) in [5.41, 5.74) is 1.59. The van der Waals surface area contributed by atoms with Crippen LogP contribution in [-0.2, 0) is 0 Å². The molecule has 2 heteroatoms. The van der Waals surface area contributed by atoms with Gasteiger partial charge in [0.25, 0.3) is 0 Å². The lowest BCUT2D eigenvalue weighted by Gasteiger charge is -2.25. The van der Waals surface area contributed by atoms with Gasteiger partial charge in [-0.25, -0.2) is 0 Å². The second-order valence-corrected chi connectivity index (χ2v) is 6.41. The van der Waals surface area contributed by atoms with Crippen LogP contribution in [0, 0.1) is 6.92 Å². The summed E-state index contributed by atoms with van der Waals surface area (Å²) in [5, 5.41) is 6.15. The monoisotopic (exact) mass is 251 g/mol. The summed E-state index contributed by atoms with van der Waals surface area (Å²) in [4.78, 5) is 1.46. The summed E-state index contributed by atoms with van der Waals surface area (Å²) in [6.45, 7) is 5.65. The van der Waals surface area contributed by atoms with Crippen LogP contribution in [0.15, 0.2) is 11.4 Å². The first-order valence-electron chi connectivity index (χ1n) is 7.09. The second-order valence-electron chi connectivity index (χ2n) is 5.30. The van der Waals surface area contributed by atoms with Crippen molar-refractivity contribution in [1.29, 1.82) is 0 Å². The predicted octanol–water partition coefficient (Wildman–Crippen LogP) is 4.47. The molecule has 1 N–H and O–H groups in total. The minimum absolute atomic E-state index is 0.714. The van der Waals surface area contributed by atoms with E-state index in [2.05, 4.69) is 30.6 Å². The van der Waals surface area contributed by atoms with Crippen LogP contribution in [0.3, 0.4) is 0 Å². The van der Waals surface area contributed by atoms with Gasteiger partial charge in [-0.3, -0.25) is 0 Å². The average molecular weight is 251 g/mol. The lowest BCUT2D eigenvalue weighted by atomic mass is 9.89. The molecule has 1 heterocycles. The van der Waals surface area contributed by atoms with Crippen LogP contribution >= 0.6 is 11.3 Å². The van der Waals surface area contributed by atoms with E-state index < -0.39 is 0 Å². The maximum absolute atomic E-state index is 3.77. The SMILES string of the molecule is CCCNC1CCCCCC1c1csc(C)c1. The van der Waals surface area contributed by atoms with Gasteiger partial charge >= 0.3 is 0 Å². The molecule has 1 aliphatic carbocycles. The third-order valence-electron chi connectivity index (χ3n) is 3.85. The molecule has 1 aliphatic rings. The van der Waals surface area contributed by atoms with E-state index in [0.29, 0.717) is 6.04 Å². The molecule has 1 saturated carbocycles. The Bertz CT molecular complexity index is 331. The maximum Gasteiger partial charge on any atom is 0.0136 e. The van der Waals surface area contributed by atoms with E-state index in [1.54, 1.807) is 5.56 Å². The Labute approximate surface area is 110 Å². The van der Waals surface area contributed by atoms with Gasteiger partial charge in [0.05, 0.1) is 0 Å². The lowest BCUT2D eigenvalue weighted by molar-refractivity contribution is 0.411. The van der Waals surface area contributed by atoms with Gasteiger partial charge in [-0.15, -0.1) is 11.3 Å². The average Bonchev–Trinajstić information content (AvgIpc) is 2.63. The van der Waals surface area contributed by atoms with Crippen LogP contribution in [0.5, 0.6) is 0 Å². The van der Waals surface area contributed by atoms with E-state index in [9.17, 15) is 0 Å². The highest BCUT2D eigenvalue weighted by atomic mass is 32.1. The highest BCUT2D eigenvalue weighted by molar-refractivity contribution is 7.10. The standard InChI is InChI=1S/C15H25NS/c1-3-9-16-15-8-6-4-5-7-14(15)13-10-12(2)17-11-13/h10-11,14-16H,3-9H2,1-2H3. The van der Waals surface area contributed by atoms with Crippen molar-refractivity contribution in [3.8, 4) is 0 Å². The van der Waals surface area contributed by atoms with Crippen molar-refractivity contribution in [3.63, 3.8) is 0 Å². The van der Waals surface area contributed by atoms with Crippen molar-refractivity contribution in [2.75, 3.05) is 6.54 Å². The fourth-order valence-corrected chi connectivity index (χ4v) is 3.71. The van der Waals surface area contributed by atoms with E-state index in [4.69, 9.17) is 0 Å². The molecule has 0 aromatic carbocycles. The van der Waals surface area contributed by atoms with Gasteiger partial charge in [-0.05, 0) is 49.7 Å². The molecular weight excluding hydrogens is 226 g/mol. The largest absolute Gasteiger partial charge is 0.313 e. The summed E-state index contributed by atoms with van der Waals surface area (Å²) >= 11 is 1.90. The third-order valence-corrected chi connectivity index (χ3v) is 4.73. The zero-order valence-corrected chi connectivity index (χ0v) is 12.0. The van der Waals surface area contributed by atoms with Crippen molar-refractivity contribution in [1.82, 2.24) is 5.32 Å². The van der Waals surface area contributed by atoms with Crippen molar-refractivity contribution in [2.24, 2.45) is 0 Å². The molecule has 0 saturated heterocycles. The Morgan fingerprint density at radius 1 is 1.29 bits per heavy atom. The van der Waals surface area contributed by atoms with E-state index in [-0.39, 0.29) is 0 Å². The first-order valence-corrected chi connectivity index (χ1v) is 7.97. The Kier molecular flexibility index (Phi) is 5.05. The van der Waals surface area contributed by atoms with E-state index in [1.807, 2.05) is 11.3 Å². The molecule has 0 aliphatic heterocycles. The van der Waals surface area contributed by atoms with Crippen molar-refractivity contribution in [2.45, 2.75) is 64.3 Å². The van der Waals surface area contributed by atoms with Crippen LogP contribution in [0.25, 0.3) is 0 Å². The van der Waals surface area contributed by atoms with Crippen LogP contribution in [0.1, 0.15) is 61.8 Å². The van der Waals surface area contributed by atoms with Gasteiger partial charge in [0.2, 0.25) is 0 Å². The number of hydrogen-bond acceptors (Lipinski definition) is 2. The molecule has 1 aromatic rings. The zero-order chi connectivity index (χ0) is 12.1. The number of hydrogen-bond donors (Lipinski definition) is 1. The Hall–Kier alpha value is -0.340. The first-order chi connectivity index (χ1) is 8.31. The van der Waals surface area contributed by atoms with Crippen molar-refractivity contribution >= 4 is 11.3 Å². The zero-order valence-electron chi connectivity index (χ0n) is 11.2. The topological polar surface area (TPSA) is 12.0 Å². The summed E-state index contributed by atoms with van der Waals surface area (Å²) in [6, 6.07) is 3.12. The summed E-state index contributed by atoms with van der Waals surface area (Å²) in [5.74, 6) is 0.758. The van der Waals surface area contributed by atoms with Gasteiger partial charge in [-0.2, -0.15) is 0 Å². The molecule has 0 amide bonds. The second kappa shape index (κ2) is 6.55. The number of aryl methyl sites for hydroxylation is 1. The number of thiophene rings is 1. The minimum Gasteiger partial charge on any atom is -0.313 e. The minimum atomic E-state index is 0.714. The molecule has 96 valence electrons. The van der Waals surface area contributed by atoms with Crippen molar-refractivity contribution < 1.29 is 0 Å². The molecular formula is C15H25NS. The van der Waals surface area contributed by atoms with Gasteiger partial charge in [0.1, 0.15) is 0 Å². The molecule has 2 rings (SSSR count). The molecule has 2 unspecified atom stereocenters. The predicted molar refractivity (Wildman–Crippen MR) is 77.0 cm³/mol. The van der Waals surface area contributed by atoms with E-state index >= 15 is 0 Å². The molecule has 0 spiro atoms. The van der Waals surface area contributed by atoms with Gasteiger partial charge in [0, 0.05) is 16.8 Å². The smallest absolute Gasteiger partial charge is 0.0136 e. The van der Waals surface area contributed by atoms with Gasteiger partial charge in [-0.1, -0.05) is 26.2 Å². The number of rotatable bonds is 4. The van der Waals surface area contributed by atoms with Crippen LogP contribution in [-0.4, -0.2) is 12.6 Å². The van der Waals surface area contributed by atoms with Crippen LogP contribution < -0.4 is 5.32 Å². The van der Waals surface area contributed by atoms with Gasteiger partial charge in [0.15, 0.2) is 0 Å². The highest BCUT2D eigenvalue weighted by Gasteiger charge is 2.24. The van der Waals surface area contributed by atoms with Crippen LogP contribution in [0.2, 0.25) is 0 Å². The quantitative estimate of drug-likeness (QED) is 0.778. The Morgan fingerprint density at radius 2 is 2.12 bits per heavy atom. The number of nitrogens with one attached hydrogen (secondary N) is 1. The van der Waals surface area contributed by atoms with E-state index in [0.717, 1.165) is 5.92 Å². The highest BCUT2D eigenvalue weighted by Crippen LogP contribution is 2.34. The molecule has 17 heavy (non-hydrogen) atoms. The summed E-state index contributed by atoms with van der Waals surface area (Å²) < 4.78 is 0. The molecule has 2 atom stereocenters. The normalized spacial score (nSPS) is 25.8. The molecule has 0 bridgehead atoms. The fourth-order valence-electron chi connectivity index (χ4n) is 2.94. The molecule has 1 nitrogen and oxygen atoms in total. The van der Waals surface area contributed by atoms with Crippen molar-refractivity contribution in [3.05, 3.63) is 21.9 Å². The van der Waals surface area contributed by atoms with Gasteiger partial charge < -0.3 is 5.32 Å². The maximum atomic E-state index is 3.77. The van der Waals surface area contributed by atoms with Crippen LogP contribution in [0.4, 0.5) is 0 Å². The van der Waals surface area contributed by atoms with E-state index in [1.165, 1.54) is 49.9 Å². The Morgan fingerprint density at radius 3 is 2.82 bits per heavy atom. The Balaban J connectivity index is 2.08. The summed E-state index contributed by atoms with van der Waals surface area (Å²) in [6.07, 6.45) is 8.21. The first kappa shape index (κ1) is 13.1.